The number of hydrogen-bond donors (Lipinski definition) is 1. The molecule has 1 N–H and O–H groups in total. The van der Waals surface area contributed by atoms with Crippen molar-refractivity contribution in [3.05, 3.63) is 0 Å². The molecule has 0 spiro atoms. The minimum absolute atomic E-state index is 0.118. The molecular weight excluding hydrogens is 186 g/mol. The standard InChI is InChI=1S/C9H19NO2S/c1-8(11)6-10-4-5-13(12)9(2,3)7-10/h8,11H,4-7H2,1-3H3. The first-order valence-corrected chi connectivity index (χ1v) is 6.02. The number of aliphatic hydroxyl groups excluding tert-OH is 1. The molecule has 0 bridgehead atoms. The van der Waals surface area contributed by atoms with Gasteiger partial charge in [0.05, 0.1) is 10.9 Å². The largest absolute Gasteiger partial charge is 0.392 e. The molecule has 78 valence electrons. The monoisotopic (exact) mass is 205 g/mol. The van der Waals surface area contributed by atoms with Crippen LogP contribution in [-0.4, -0.2) is 50.5 Å². The quantitative estimate of drug-likeness (QED) is 0.700. The van der Waals surface area contributed by atoms with Crippen molar-refractivity contribution in [3.8, 4) is 0 Å². The number of β-amino-alcohol motifs (C(OH)–C–C–N with tert-alkyl or cyclic N) is 1. The van der Waals surface area contributed by atoms with Gasteiger partial charge in [-0.2, -0.15) is 0 Å². The number of nitrogens with zero attached hydrogens (tertiary/aromatic N) is 1. The molecule has 2 unspecified atom stereocenters. The summed E-state index contributed by atoms with van der Waals surface area (Å²) in [4.78, 5) is 2.19. The van der Waals surface area contributed by atoms with Crippen LogP contribution in [-0.2, 0) is 10.8 Å². The maximum Gasteiger partial charge on any atom is 0.0639 e. The van der Waals surface area contributed by atoms with E-state index in [0.717, 1.165) is 18.8 Å². The highest BCUT2D eigenvalue weighted by molar-refractivity contribution is 7.86. The molecule has 13 heavy (non-hydrogen) atoms. The molecule has 0 amide bonds. The zero-order valence-electron chi connectivity index (χ0n) is 8.62. The molecular formula is C9H19NO2S. The van der Waals surface area contributed by atoms with Crippen LogP contribution in [0.2, 0.25) is 0 Å². The molecule has 0 aliphatic carbocycles. The molecule has 3 nitrogen and oxygen atoms in total. The van der Waals surface area contributed by atoms with E-state index in [-0.39, 0.29) is 10.9 Å². The van der Waals surface area contributed by atoms with Gasteiger partial charge in [0.15, 0.2) is 0 Å². The third-order valence-corrected chi connectivity index (χ3v) is 4.25. The second kappa shape index (κ2) is 4.07. The van der Waals surface area contributed by atoms with Crippen molar-refractivity contribution >= 4 is 10.8 Å². The second-order valence-electron chi connectivity index (χ2n) is 4.39. The van der Waals surface area contributed by atoms with E-state index in [2.05, 4.69) is 4.90 Å². The fourth-order valence-electron chi connectivity index (χ4n) is 1.71. The van der Waals surface area contributed by atoms with Gasteiger partial charge >= 0.3 is 0 Å². The highest BCUT2D eigenvalue weighted by Crippen LogP contribution is 2.19. The average molecular weight is 205 g/mol. The topological polar surface area (TPSA) is 40.5 Å². The lowest BCUT2D eigenvalue weighted by Crippen LogP contribution is -2.51. The van der Waals surface area contributed by atoms with Crippen LogP contribution >= 0.6 is 0 Å². The van der Waals surface area contributed by atoms with E-state index in [0.29, 0.717) is 6.54 Å². The van der Waals surface area contributed by atoms with Crippen molar-refractivity contribution in [2.24, 2.45) is 0 Å². The summed E-state index contributed by atoms with van der Waals surface area (Å²) in [6.07, 6.45) is -0.290. The Bertz CT molecular complexity index is 204. The lowest BCUT2D eigenvalue weighted by Gasteiger charge is -2.37. The highest BCUT2D eigenvalue weighted by Gasteiger charge is 2.33. The number of hydrogen-bond acceptors (Lipinski definition) is 3. The van der Waals surface area contributed by atoms with Gasteiger partial charge in [-0.15, -0.1) is 0 Å². The van der Waals surface area contributed by atoms with E-state index in [1.807, 2.05) is 13.8 Å². The second-order valence-corrected chi connectivity index (χ2v) is 6.60. The van der Waals surface area contributed by atoms with Crippen LogP contribution < -0.4 is 0 Å². The zero-order chi connectivity index (χ0) is 10.1. The van der Waals surface area contributed by atoms with Crippen LogP contribution in [0, 0.1) is 0 Å². The minimum atomic E-state index is -0.709. The number of rotatable bonds is 2. The summed E-state index contributed by atoms with van der Waals surface area (Å²) in [7, 11) is -0.709. The van der Waals surface area contributed by atoms with Gasteiger partial charge in [-0.3, -0.25) is 9.11 Å². The van der Waals surface area contributed by atoms with Gasteiger partial charge in [0.1, 0.15) is 0 Å². The van der Waals surface area contributed by atoms with Crippen LogP contribution in [0.5, 0.6) is 0 Å². The third-order valence-electron chi connectivity index (χ3n) is 2.34. The summed E-state index contributed by atoms with van der Waals surface area (Å²) in [6, 6.07) is 0. The third kappa shape index (κ3) is 3.04. The van der Waals surface area contributed by atoms with E-state index in [1.54, 1.807) is 6.92 Å². The lowest BCUT2D eigenvalue weighted by molar-refractivity contribution is 0.122. The first-order chi connectivity index (χ1) is 5.92. The number of aliphatic hydroxyl groups is 1. The molecule has 4 heteroatoms. The summed E-state index contributed by atoms with van der Waals surface area (Å²) in [5, 5.41) is 9.22. The molecule has 0 radical (unpaired) electrons. The van der Waals surface area contributed by atoms with Crippen molar-refractivity contribution in [2.75, 3.05) is 25.4 Å². The van der Waals surface area contributed by atoms with Crippen molar-refractivity contribution in [1.82, 2.24) is 4.90 Å². The van der Waals surface area contributed by atoms with Gasteiger partial charge in [-0.1, -0.05) is 0 Å². The van der Waals surface area contributed by atoms with Crippen LogP contribution in [0.4, 0.5) is 0 Å². The van der Waals surface area contributed by atoms with Crippen molar-refractivity contribution in [1.29, 1.82) is 0 Å². The van der Waals surface area contributed by atoms with E-state index >= 15 is 0 Å². The summed E-state index contributed by atoms with van der Waals surface area (Å²) < 4.78 is 11.5. The molecule has 1 fully saturated rings. The molecule has 1 saturated heterocycles. The van der Waals surface area contributed by atoms with Crippen LogP contribution in [0.15, 0.2) is 0 Å². The van der Waals surface area contributed by atoms with Gasteiger partial charge in [0.25, 0.3) is 0 Å². The van der Waals surface area contributed by atoms with E-state index in [9.17, 15) is 9.32 Å². The predicted octanol–water partition coefficient (Wildman–Crippen LogP) is 0.210. The molecule has 1 heterocycles. The van der Waals surface area contributed by atoms with Crippen LogP contribution in [0.1, 0.15) is 20.8 Å². The Balaban J connectivity index is 2.51. The Labute approximate surface area is 82.6 Å². The van der Waals surface area contributed by atoms with Crippen LogP contribution in [0.3, 0.4) is 0 Å². The predicted molar refractivity (Wildman–Crippen MR) is 55.2 cm³/mol. The molecule has 1 rings (SSSR count). The molecule has 1 aliphatic heterocycles. The van der Waals surface area contributed by atoms with E-state index in [4.69, 9.17) is 0 Å². The SMILES string of the molecule is CC(O)CN1CCS(=O)C(C)(C)C1. The molecule has 2 atom stereocenters. The smallest absolute Gasteiger partial charge is 0.0639 e. The fourth-order valence-corrected chi connectivity index (χ4v) is 3.01. The normalized spacial score (nSPS) is 31.5. The zero-order valence-corrected chi connectivity index (χ0v) is 9.43. The first-order valence-electron chi connectivity index (χ1n) is 4.71. The van der Waals surface area contributed by atoms with E-state index in [1.165, 1.54) is 0 Å². The van der Waals surface area contributed by atoms with Crippen molar-refractivity contribution in [2.45, 2.75) is 31.6 Å². The fraction of sp³-hybridized carbons (Fsp3) is 1.00. The maximum absolute atomic E-state index is 11.6. The Morgan fingerprint density at radius 1 is 1.62 bits per heavy atom. The van der Waals surface area contributed by atoms with Gasteiger partial charge in [-0.25, -0.2) is 0 Å². The van der Waals surface area contributed by atoms with E-state index < -0.39 is 10.8 Å². The Hall–Kier alpha value is 0.0700. The summed E-state index contributed by atoms with van der Waals surface area (Å²) >= 11 is 0. The molecule has 0 aromatic rings. The van der Waals surface area contributed by atoms with Gasteiger partial charge in [-0.05, 0) is 20.8 Å². The van der Waals surface area contributed by atoms with Crippen molar-refractivity contribution < 1.29 is 9.32 Å². The van der Waals surface area contributed by atoms with Gasteiger partial charge in [0, 0.05) is 36.2 Å². The molecule has 1 aliphatic rings. The Kier molecular flexibility index (Phi) is 3.49. The summed E-state index contributed by atoms with van der Waals surface area (Å²) in [6.45, 7) is 8.21. The molecule has 0 aromatic carbocycles. The minimum Gasteiger partial charge on any atom is -0.392 e. The van der Waals surface area contributed by atoms with Gasteiger partial charge < -0.3 is 5.11 Å². The maximum atomic E-state index is 11.6. The molecule has 0 saturated carbocycles. The molecule has 0 aromatic heterocycles. The Morgan fingerprint density at radius 3 is 2.69 bits per heavy atom. The lowest BCUT2D eigenvalue weighted by atomic mass is 10.2. The highest BCUT2D eigenvalue weighted by atomic mass is 32.2. The average Bonchev–Trinajstić information content (AvgIpc) is 1.95. The summed E-state index contributed by atoms with van der Waals surface area (Å²) in [5.74, 6) is 0.736. The van der Waals surface area contributed by atoms with Crippen LogP contribution in [0.25, 0.3) is 0 Å². The first kappa shape index (κ1) is 11.1. The Morgan fingerprint density at radius 2 is 2.23 bits per heavy atom. The van der Waals surface area contributed by atoms with Gasteiger partial charge in [0.2, 0.25) is 0 Å². The summed E-state index contributed by atoms with van der Waals surface area (Å²) in [5.41, 5.74) is 0. The van der Waals surface area contributed by atoms with Crippen molar-refractivity contribution in [3.63, 3.8) is 0 Å².